The zero-order valence-electron chi connectivity index (χ0n) is 10.5. The van der Waals surface area contributed by atoms with Gasteiger partial charge in [0.05, 0.1) is 7.11 Å². The molecule has 0 aromatic heterocycles. The molecule has 0 radical (unpaired) electrons. The summed E-state index contributed by atoms with van der Waals surface area (Å²) >= 11 is 0. The second-order valence-electron chi connectivity index (χ2n) is 3.69. The van der Waals surface area contributed by atoms with Gasteiger partial charge in [-0.25, -0.2) is 4.79 Å². The minimum Gasteiger partial charge on any atom is -0.490 e. The smallest absolute Gasteiger partial charge is 0.333 e. The fraction of sp³-hybridized carbons (Fsp3) is 0.357. The molecule has 0 aliphatic heterocycles. The Morgan fingerprint density at radius 1 is 1.29 bits per heavy atom. The van der Waals surface area contributed by atoms with Crippen LogP contribution in [0.3, 0.4) is 0 Å². The number of carbonyl (C=O) groups is 1. The van der Waals surface area contributed by atoms with Gasteiger partial charge in [0.1, 0.15) is 12.4 Å². The fourth-order valence-electron chi connectivity index (χ4n) is 1.33. The average Bonchev–Trinajstić information content (AvgIpc) is 2.38. The number of benzene rings is 1. The summed E-state index contributed by atoms with van der Waals surface area (Å²) < 4.78 is 10.1. The van der Waals surface area contributed by atoms with E-state index in [1.807, 2.05) is 24.3 Å². The minimum absolute atomic E-state index is 0.324. The van der Waals surface area contributed by atoms with Gasteiger partial charge in [-0.05, 0) is 37.1 Å². The maximum Gasteiger partial charge on any atom is 0.333 e. The highest BCUT2D eigenvalue weighted by Crippen LogP contribution is 2.12. The Morgan fingerprint density at radius 3 is 2.47 bits per heavy atom. The van der Waals surface area contributed by atoms with E-state index in [-0.39, 0.29) is 5.97 Å². The summed E-state index contributed by atoms with van der Waals surface area (Å²) in [5.41, 5.74) is 1.83. The van der Waals surface area contributed by atoms with Crippen molar-refractivity contribution in [1.29, 1.82) is 0 Å². The Kier molecular flexibility index (Phi) is 5.27. The molecule has 3 nitrogen and oxygen atoms in total. The van der Waals surface area contributed by atoms with Gasteiger partial charge >= 0.3 is 5.97 Å². The fourth-order valence-corrected chi connectivity index (χ4v) is 1.33. The normalized spacial score (nSPS) is 11.1. The quantitative estimate of drug-likeness (QED) is 0.580. The van der Waals surface area contributed by atoms with Gasteiger partial charge in [0.15, 0.2) is 0 Å². The van der Waals surface area contributed by atoms with Gasteiger partial charge in [-0.15, -0.1) is 0 Å². The highest BCUT2D eigenvalue weighted by atomic mass is 16.5. The first kappa shape index (κ1) is 13.3. The van der Waals surface area contributed by atoms with Crippen molar-refractivity contribution in [3.05, 3.63) is 41.5 Å². The molecule has 0 spiro atoms. The van der Waals surface area contributed by atoms with Crippen LogP contribution >= 0.6 is 0 Å². The summed E-state index contributed by atoms with van der Waals surface area (Å²) in [5.74, 6) is 0.478. The van der Waals surface area contributed by atoms with Gasteiger partial charge in [0, 0.05) is 5.57 Å². The van der Waals surface area contributed by atoms with Crippen molar-refractivity contribution < 1.29 is 14.3 Å². The van der Waals surface area contributed by atoms with E-state index in [2.05, 4.69) is 11.7 Å². The van der Waals surface area contributed by atoms with Gasteiger partial charge in [-0.3, -0.25) is 0 Å². The number of carbonyl (C=O) groups excluding carboxylic acids is 1. The van der Waals surface area contributed by atoms with Crippen molar-refractivity contribution in [2.75, 3.05) is 13.7 Å². The monoisotopic (exact) mass is 234 g/mol. The highest BCUT2D eigenvalue weighted by Gasteiger charge is 2.01. The third kappa shape index (κ3) is 4.31. The van der Waals surface area contributed by atoms with E-state index in [4.69, 9.17) is 4.74 Å². The van der Waals surface area contributed by atoms with Gasteiger partial charge in [0.2, 0.25) is 0 Å². The zero-order chi connectivity index (χ0) is 12.7. The second kappa shape index (κ2) is 6.74. The van der Waals surface area contributed by atoms with Gasteiger partial charge in [-0.2, -0.15) is 0 Å². The van der Waals surface area contributed by atoms with E-state index in [1.165, 1.54) is 12.7 Å². The summed E-state index contributed by atoms with van der Waals surface area (Å²) in [6.45, 7) is 4.18. The van der Waals surface area contributed by atoms with Crippen molar-refractivity contribution in [3.8, 4) is 5.75 Å². The molecule has 1 aromatic rings. The van der Waals surface area contributed by atoms with Crippen LogP contribution in [-0.2, 0) is 16.0 Å². The van der Waals surface area contributed by atoms with Crippen LogP contribution in [0.15, 0.2) is 35.9 Å². The van der Waals surface area contributed by atoms with E-state index < -0.39 is 0 Å². The lowest BCUT2D eigenvalue weighted by Crippen LogP contribution is -2.04. The molecule has 0 amide bonds. The largest absolute Gasteiger partial charge is 0.490 e. The molecule has 3 heteroatoms. The van der Waals surface area contributed by atoms with Gasteiger partial charge < -0.3 is 9.47 Å². The predicted octanol–water partition coefficient (Wildman–Crippen LogP) is 2.75. The number of rotatable bonds is 5. The summed E-state index contributed by atoms with van der Waals surface area (Å²) in [7, 11) is 1.37. The van der Waals surface area contributed by atoms with Crippen LogP contribution in [0.4, 0.5) is 0 Å². The Labute approximate surface area is 102 Å². The Bertz CT molecular complexity index is 390. The van der Waals surface area contributed by atoms with E-state index in [0.717, 1.165) is 12.2 Å². The zero-order valence-corrected chi connectivity index (χ0v) is 10.5. The number of hydrogen-bond acceptors (Lipinski definition) is 3. The molecule has 0 saturated heterocycles. The molecule has 0 heterocycles. The van der Waals surface area contributed by atoms with Gasteiger partial charge in [0.25, 0.3) is 0 Å². The number of ether oxygens (including phenoxy) is 2. The van der Waals surface area contributed by atoms with Crippen molar-refractivity contribution >= 4 is 5.97 Å². The van der Waals surface area contributed by atoms with E-state index >= 15 is 0 Å². The molecule has 92 valence electrons. The van der Waals surface area contributed by atoms with Crippen molar-refractivity contribution in [1.82, 2.24) is 0 Å². The molecular weight excluding hydrogens is 216 g/mol. The van der Waals surface area contributed by atoms with Crippen molar-refractivity contribution in [3.63, 3.8) is 0 Å². The summed E-state index contributed by atoms with van der Waals surface area (Å²) in [5, 5.41) is 0. The molecular formula is C14H18O3. The van der Waals surface area contributed by atoms with Crippen LogP contribution in [0, 0.1) is 0 Å². The molecule has 0 bridgehead atoms. The lowest BCUT2D eigenvalue weighted by atomic mass is 10.2. The Hall–Kier alpha value is -1.77. The second-order valence-corrected chi connectivity index (χ2v) is 3.69. The topological polar surface area (TPSA) is 35.5 Å². The van der Waals surface area contributed by atoms with Crippen molar-refractivity contribution in [2.45, 2.75) is 20.3 Å². The Balaban J connectivity index is 2.47. The van der Waals surface area contributed by atoms with Gasteiger partial charge in [-0.1, -0.05) is 19.1 Å². The molecule has 0 atom stereocenters. The van der Waals surface area contributed by atoms with Crippen LogP contribution in [0.2, 0.25) is 0 Å². The van der Waals surface area contributed by atoms with Crippen LogP contribution in [0.1, 0.15) is 19.4 Å². The first-order chi connectivity index (χ1) is 8.17. The molecule has 1 aromatic carbocycles. The SMILES string of the molecule is CCc1ccc(OCC=C(C)C(=O)OC)cc1. The Morgan fingerprint density at radius 2 is 1.94 bits per heavy atom. The standard InChI is InChI=1S/C14H18O3/c1-4-12-5-7-13(8-6-12)17-10-9-11(2)14(15)16-3/h5-9H,4,10H2,1-3H3. The third-order valence-corrected chi connectivity index (χ3v) is 2.48. The molecule has 0 N–H and O–H groups in total. The number of hydrogen-bond donors (Lipinski definition) is 0. The van der Waals surface area contributed by atoms with E-state index in [9.17, 15) is 4.79 Å². The van der Waals surface area contributed by atoms with Crippen LogP contribution in [0.25, 0.3) is 0 Å². The van der Waals surface area contributed by atoms with Crippen LogP contribution < -0.4 is 4.74 Å². The molecule has 0 saturated carbocycles. The number of aryl methyl sites for hydroxylation is 1. The van der Waals surface area contributed by atoms with E-state index in [1.54, 1.807) is 13.0 Å². The lowest BCUT2D eigenvalue weighted by Gasteiger charge is -2.04. The molecule has 0 fully saturated rings. The maximum atomic E-state index is 11.1. The highest BCUT2D eigenvalue weighted by molar-refractivity contribution is 5.87. The minimum atomic E-state index is -0.324. The predicted molar refractivity (Wildman–Crippen MR) is 67.1 cm³/mol. The lowest BCUT2D eigenvalue weighted by molar-refractivity contribution is -0.136. The average molecular weight is 234 g/mol. The van der Waals surface area contributed by atoms with Crippen LogP contribution in [0.5, 0.6) is 5.75 Å². The van der Waals surface area contributed by atoms with Crippen molar-refractivity contribution in [2.24, 2.45) is 0 Å². The molecule has 0 aliphatic carbocycles. The number of methoxy groups -OCH3 is 1. The molecule has 17 heavy (non-hydrogen) atoms. The first-order valence-electron chi connectivity index (χ1n) is 5.64. The molecule has 0 aliphatic rings. The maximum absolute atomic E-state index is 11.1. The summed E-state index contributed by atoms with van der Waals surface area (Å²) in [4.78, 5) is 11.1. The first-order valence-corrected chi connectivity index (χ1v) is 5.64. The molecule has 1 rings (SSSR count). The van der Waals surface area contributed by atoms with Crippen LogP contribution in [-0.4, -0.2) is 19.7 Å². The summed E-state index contributed by atoms with van der Waals surface area (Å²) in [6.07, 6.45) is 2.72. The molecule has 0 unspecified atom stereocenters. The number of esters is 1. The van der Waals surface area contributed by atoms with E-state index in [0.29, 0.717) is 12.2 Å². The summed E-state index contributed by atoms with van der Waals surface area (Å²) in [6, 6.07) is 7.93. The third-order valence-electron chi connectivity index (χ3n) is 2.48.